The van der Waals surface area contributed by atoms with Gasteiger partial charge in [0.15, 0.2) is 5.69 Å². The number of nitrogens with zero attached hydrogens (tertiary/aromatic N) is 6. The van der Waals surface area contributed by atoms with E-state index in [2.05, 4.69) is 25.3 Å². The quantitative estimate of drug-likeness (QED) is 0.890. The Labute approximate surface area is 149 Å². The SMILES string of the molecule is CN(C)c1cc(C(F)(F)F)nc(NC2CCCN(c3ncccn3)C2)n1. The van der Waals surface area contributed by atoms with Crippen LogP contribution in [-0.2, 0) is 6.18 Å². The van der Waals surface area contributed by atoms with Crippen molar-refractivity contribution in [2.24, 2.45) is 0 Å². The third-order valence-corrected chi connectivity index (χ3v) is 4.05. The monoisotopic (exact) mass is 367 g/mol. The first-order valence-electron chi connectivity index (χ1n) is 8.25. The van der Waals surface area contributed by atoms with E-state index in [0.29, 0.717) is 12.5 Å². The normalized spacial score (nSPS) is 17.9. The van der Waals surface area contributed by atoms with Crippen molar-refractivity contribution in [3.8, 4) is 0 Å². The molecule has 0 amide bonds. The fraction of sp³-hybridized carbons (Fsp3) is 0.500. The van der Waals surface area contributed by atoms with Crippen LogP contribution in [0.2, 0.25) is 0 Å². The zero-order chi connectivity index (χ0) is 18.7. The van der Waals surface area contributed by atoms with Gasteiger partial charge in [-0.3, -0.25) is 0 Å². The largest absolute Gasteiger partial charge is 0.433 e. The summed E-state index contributed by atoms with van der Waals surface area (Å²) >= 11 is 0. The lowest BCUT2D eigenvalue weighted by molar-refractivity contribution is -0.141. The topological polar surface area (TPSA) is 70.1 Å². The minimum absolute atomic E-state index is 0.0237. The molecule has 3 heterocycles. The van der Waals surface area contributed by atoms with Crippen LogP contribution in [0.15, 0.2) is 24.5 Å². The second-order valence-corrected chi connectivity index (χ2v) is 6.31. The summed E-state index contributed by atoms with van der Waals surface area (Å²) in [7, 11) is 3.28. The predicted molar refractivity (Wildman–Crippen MR) is 92.3 cm³/mol. The van der Waals surface area contributed by atoms with Crippen LogP contribution in [0.1, 0.15) is 18.5 Å². The van der Waals surface area contributed by atoms with E-state index in [1.165, 1.54) is 4.90 Å². The van der Waals surface area contributed by atoms with Crippen LogP contribution in [0.4, 0.5) is 30.9 Å². The van der Waals surface area contributed by atoms with Gasteiger partial charge in [0.05, 0.1) is 0 Å². The maximum atomic E-state index is 13.1. The summed E-state index contributed by atoms with van der Waals surface area (Å²) in [6.45, 7) is 1.37. The Balaban J connectivity index is 1.78. The minimum atomic E-state index is -4.53. The molecule has 1 N–H and O–H groups in total. The van der Waals surface area contributed by atoms with E-state index < -0.39 is 11.9 Å². The minimum Gasteiger partial charge on any atom is -0.363 e. The summed E-state index contributed by atoms with van der Waals surface area (Å²) in [5, 5.41) is 3.04. The number of piperidine rings is 1. The fourth-order valence-corrected chi connectivity index (χ4v) is 2.79. The first kappa shape index (κ1) is 18.2. The number of hydrogen-bond donors (Lipinski definition) is 1. The van der Waals surface area contributed by atoms with Crippen molar-refractivity contribution in [1.82, 2.24) is 19.9 Å². The molecular formula is C16H20F3N7. The molecule has 26 heavy (non-hydrogen) atoms. The summed E-state index contributed by atoms with van der Waals surface area (Å²) < 4.78 is 39.3. The second kappa shape index (κ2) is 7.30. The van der Waals surface area contributed by atoms with Crippen LogP contribution in [0.5, 0.6) is 0 Å². The summed E-state index contributed by atoms with van der Waals surface area (Å²) in [5.74, 6) is 0.788. The fourth-order valence-electron chi connectivity index (χ4n) is 2.79. The van der Waals surface area contributed by atoms with Gasteiger partial charge in [0.25, 0.3) is 0 Å². The predicted octanol–water partition coefficient (Wildman–Crippen LogP) is 2.43. The van der Waals surface area contributed by atoms with Crippen molar-refractivity contribution >= 4 is 17.7 Å². The standard InChI is InChI=1S/C16H20F3N7/c1-25(2)13-9-12(16(17,18)19)23-14(24-13)22-11-5-3-8-26(10-11)15-20-6-4-7-21-15/h4,6-7,9,11H,3,5,8,10H2,1-2H3,(H,22,23,24). The van der Waals surface area contributed by atoms with Crippen molar-refractivity contribution in [3.05, 3.63) is 30.2 Å². The first-order valence-corrected chi connectivity index (χ1v) is 8.25. The highest BCUT2D eigenvalue weighted by molar-refractivity contribution is 5.45. The molecule has 0 bridgehead atoms. The molecule has 140 valence electrons. The number of aromatic nitrogens is 4. The van der Waals surface area contributed by atoms with E-state index in [1.54, 1.807) is 32.6 Å². The third-order valence-electron chi connectivity index (χ3n) is 4.05. The van der Waals surface area contributed by atoms with Crippen molar-refractivity contribution in [2.75, 3.05) is 42.3 Å². The molecule has 0 saturated carbocycles. The summed E-state index contributed by atoms with van der Waals surface area (Å²) in [6.07, 6.45) is 0.480. The average molecular weight is 367 g/mol. The van der Waals surface area contributed by atoms with Crippen molar-refractivity contribution < 1.29 is 13.2 Å². The van der Waals surface area contributed by atoms with Gasteiger partial charge in [-0.25, -0.2) is 15.0 Å². The molecule has 1 saturated heterocycles. The Morgan fingerprint density at radius 3 is 2.58 bits per heavy atom. The first-order chi connectivity index (χ1) is 12.3. The molecule has 7 nitrogen and oxygen atoms in total. The van der Waals surface area contributed by atoms with E-state index in [4.69, 9.17) is 0 Å². The lowest BCUT2D eigenvalue weighted by Crippen LogP contribution is -2.43. The zero-order valence-corrected chi connectivity index (χ0v) is 14.5. The molecule has 0 aliphatic carbocycles. The average Bonchev–Trinajstić information content (AvgIpc) is 2.61. The van der Waals surface area contributed by atoms with Crippen molar-refractivity contribution in [1.29, 1.82) is 0 Å². The Morgan fingerprint density at radius 1 is 1.19 bits per heavy atom. The van der Waals surface area contributed by atoms with Gasteiger partial charge >= 0.3 is 6.18 Å². The van der Waals surface area contributed by atoms with E-state index in [-0.39, 0.29) is 17.8 Å². The van der Waals surface area contributed by atoms with Gasteiger partial charge in [-0.1, -0.05) is 0 Å². The van der Waals surface area contributed by atoms with Crippen LogP contribution >= 0.6 is 0 Å². The Morgan fingerprint density at radius 2 is 1.92 bits per heavy atom. The molecule has 0 radical (unpaired) electrons. The number of hydrogen-bond acceptors (Lipinski definition) is 7. The number of anilines is 3. The molecule has 2 aromatic heterocycles. The summed E-state index contributed by atoms with van der Waals surface area (Å²) in [6, 6.07) is 2.59. The van der Waals surface area contributed by atoms with Gasteiger partial charge in [-0.05, 0) is 18.9 Å². The zero-order valence-electron chi connectivity index (χ0n) is 14.5. The van der Waals surface area contributed by atoms with Crippen LogP contribution < -0.4 is 15.1 Å². The highest BCUT2D eigenvalue weighted by atomic mass is 19.4. The van der Waals surface area contributed by atoms with Crippen LogP contribution in [0, 0.1) is 0 Å². The number of nitrogens with one attached hydrogen (secondary N) is 1. The number of rotatable bonds is 4. The van der Waals surface area contributed by atoms with Crippen LogP contribution in [-0.4, -0.2) is 53.2 Å². The summed E-state index contributed by atoms with van der Waals surface area (Å²) in [5.41, 5.74) is -0.960. The Hall–Kier alpha value is -2.65. The molecule has 1 fully saturated rings. The Bertz CT molecular complexity index is 736. The molecule has 3 rings (SSSR count). The third kappa shape index (κ3) is 4.30. The van der Waals surface area contributed by atoms with Crippen LogP contribution in [0.3, 0.4) is 0 Å². The second-order valence-electron chi connectivity index (χ2n) is 6.31. The highest BCUT2D eigenvalue weighted by Gasteiger charge is 2.34. The summed E-state index contributed by atoms with van der Waals surface area (Å²) in [4.78, 5) is 19.8. The molecule has 1 unspecified atom stereocenters. The van der Waals surface area contributed by atoms with Gasteiger partial charge in [0.1, 0.15) is 5.82 Å². The Kier molecular flexibility index (Phi) is 5.10. The molecule has 1 atom stereocenters. The van der Waals surface area contributed by atoms with E-state index in [9.17, 15) is 13.2 Å². The van der Waals surface area contributed by atoms with Crippen LogP contribution in [0.25, 0.3) is 0 Å². The smallest absolute Gasteiger partial charge is 0.363 e. The lowest BCUT2D eigenvalue weighted by Gasteiger charge is -2.33. The van der Waals surface area contributed by atoms with E-state index in [1.807, 2.05) is 4.90 Å². The van der Waals surface area contributed by atoms with Gasteiger partial charge in [0.2, 0.25) is 11.9 Å². The van der Waals surface area contributed by atoms with E-state index >= 15 is 0 Å². The molecule has 1 aliphatic rings. The molecule has 10 heteroatoms. The number of halogens is 3. The van der Waals surface area contributed by atoms with Gasteiger partial charge in [-0.2, -0.15) is 18.2 Å². The van der Waals surface area contributed by atoms with Gasteiger partial charge in [-0.15, -0.1) is 0 Å². The van der Waals surface area contributed by atoms with Gasteiger partial charge in [0, 0.05) is 51.7 Å². The maximum Gasteiger partial charge on any atom is 0.433 e. The van der Waals surface area contributed by atoms with Gasteiger partial charge < -0.3 is 15.1 Å². The van der Waals surface area contributed by atoms with Crippen molar-refractivity contribution in [2.45, 2.75) is 25.1 Å². The highest BCUT2D eigenvalue weighted by Crippen LogP contribution is 2.30. The van der Waals surface area contributed by atoms with Crippen molar-refractivity contribution in [3.63, 3.8) is 0 Å². The molecule has 0 aromatic carbocycles. The number of alkyl halides is 3. The lowest BCUT2D eigenvalue weighted by atomic mass is 10.1. The molecule has 1 aliphatic heterocycles. The van der Waals surface area contributed by atoms with E-state index in [0.717, 1.165) is 25.5 Å². The molecule has 2 aromatic rings. The maximum absolute atomic E-state index is 13.1. The molecular weight excluding hydrogens is 347 g/mol. The molecule has 0 spiro atoms.